The first kappa shape index (κ1) is 83.4. The molecule has 0 aromatic carbocycles. The topological polar surface area (TPSA) is 111 Å². The van der Waals surface area contributed by atoms with Crippen molar-refractivity contribution in [2.45, 2.75) is 264 Å². The van der Waals surface area contributed by atoms with Crippen LogP contribution in [0.15, 0.2) is 170 Å². The molecule has 0 rings (SSSR count). The molecule has 0 bridgehead atoms. The molecule has 0 aliphatic carbocycles. The standard InChI is InChI=1S/C78H128NO8P/c1-6-8-10-12-14-16-18-20-22-24-26-28-30-32-34-36-38-39-41-43-45-47-49-51-53-55-57-59-61-63-65-67-69-71-78(81)87-76(75-86-88(82,83)85-73-72-79(3,4)5)74-84-77(80)70-68-66-64-62-60-58-56-54-52-50-48-46-44-42-40-37-35-33-31-29-27-25-23-21-19-17-15-13-11-9-7-2/h8-11,14-17,20-23,26-29,32-35,38-40,42-43,45-46,48,76H,6-7,12-13,18-19,24-25,30-31,36-37,41,44,47,49-75H2,1-5H3/b10-8-,11-9-,16-14-,17-15-,22-20-,23-21-,28-26-,29-27-,34-32-,35-33-,39-38-,42-40-,45-43-,48-46-. The van der Waals surface area contributed by atoms with Gasteiger partial charge in [-0.25, -0.2) is 0 Å². The third kappa shape index (κ3) is 70.5. The molecule has 0 N–H and O–H groups in total. The fraction of sp³-hybridized carbons (Fsp3) is 0.615. The molecule has 0 aromatic heterocycles. The first-order valence-electron chi connectivity index (χ1n) is 34.8. The van der Waals surface area contributed by atoms with Crippen molar-refractivity contribution in [2.24, 2.45) is 0 Å². The maximum Gasteiger partial charge on any atom is 0.306 e. The smallest absolute Gasteiger partial charge is 0.306 e. The average Bonchev–Trinajstić information content (AvgIpc) is 3.56. The Morgan fingerprint density at radius 2 is 0.614 bits per heavy atom. The highest BCUT2D eigenvalue weighted by Crippen LogP contribution is 2.38. The van der Waals surface area contributed by atoms with Crippen LogP contribution in [0.4, 0.5) is 0 Å². The second-order valence-corrected chi connectivity index (χ2v) is 25.2. The predicted molar refractivity (Wildman–Crippen MR) is 378 cm³/mol. The van der Waals surface area contributed by atoms with Gasteiger partial charge in [0.05, 0.1) is 27.7 Å². The molecule has 9 nitrogen and oxygen atoms in total. The van der Waals surface area contributed by atoms with Gasteiger partial charge in [0.2, 0.25) is 0 Å². The van der Waals surface area contributed by atoms with E-state index in [-0.39, 0.29) is 26.1 Å². The number of quaternary nitrogens is 1. The zero-order valence-corrected chi connectivity index (χ0v) is 57.5. The van der Waals surface area contributed by atoms with Crippen molar-refractivity contribution in [1.82, 2.24) is 0 Å². The van der Waals surface area contributed by atoms with Gasteiger partial charge in [-0.1, -0.05) is 287 Å². The summed E-state index contributed by atoms with van der Waals surface area (Å²) >= 11 is 0. The number of unbranched alkanes of at least 4 members (excludes halogenated alkanes) is 20. The highest BCUT2D eigenvalue weighted by Gasteiger charge is 2.22. The summed E-state index contributed by atoms with van der Waals surface area (Å²) in [5.74, 6) is -0.852. The number of esters is 2. The van der Waals surface area contributed by atoms with E-state index in [9.17, 15) is 19.0 Å². The number of hydrogen-bond donors (Lipinski definition) is 0. The van der Waals surface area contributed by atoms with Crippen molar-refractivity contribution >= 4 is 19.8 Å². The molecule has 0 aliphatic heterocycles. The molecule has 0 aliphatic rings. The molecule has 2 unspecified atom stereocenters. The number of hydrogen-bond acceptors (Lipinski definition) is 8. The quantitative estimate of drug-likeness (QED) is 0.0195. The largest absolute Gasteiger partial charge is 0.756 e. The van der Waals surface area contributed by atoms with Crippen LogP contribution in [0.1, 0.15) is 258 Å². The molecule has 10 heteroatoms. The zero-order chi connectivity index (χ0) is 64.1. The summed E-state index contributed by atoms with van der Waals surface area (Å²) < 4.78 is 34.3. The monoisotopic (exact) mass is 1240 g/mol. The number of likely N-dealkylation sites (N-methyl/N-ethyl adjacent to an activating group) is 1. The van der Waals surface area contributed by atoms with Crippen LogP contribution in [0.2, 0.25) is 0 Å². The minimum Gasteiger partial charge on any atom is -0.756 e. The number of nitrogens with zero attached hydrogens (tertiary/aromatic N) is 1. The summed E-state index contributed by atoms with van der Waals surface area (Å²) in [5.41, 5.74) is 0. The SMILES string of the molecule is CC/C=C\C/C=C\C/C=C\C/C=C\C/C=C\C/C=C\C/C=C\CCCCCCCCCCCCCC(=O)OC(COC(=O)CCCCCCCCCCC/C=C\C/C=C\C/C=C\C/C=C\C/C=C\C/C=C\C/C=C\CC)COP(=O)([O-])OCC[N+](C)(C)C. The normalized spacial score (nSPS) is 14.2. The number of ether oxygens (including phenoxy) is 2. The Hall–Kier alpha value is -4.63. The van der Waals surface area contributed by atoms with Crippen molar-refractivity contribution in [3.8, 4) is 0 Å². The first-order valence-corrected chi connectivity index (χ1v) is 36.3. The number of phosphoric acid groups is 1. The number of phosphoric ester groups is 1. The Labute approximate surface area is 540 Å². The Bertz CT molecular complexity index is 2090. The summed E-state index contributed by atoms with van der Waals surface area (Å²) in [6.45, 7) is 3.99. The fourth-order valence-corrected chi connectivity index (χ4v) is 9.70. The van der Waals surface area contributed by atoms with Crippen LogP contribution in [-0.4, -0.2) is 70.0 Å². The molecule has 2 atom stereocenters. The average molecular weight is 1240 g/mol. The van der Waals surface area contributed by atoms with Crippen molar-refractivity contribution in [3.05, 3.63) is 170 Å². The van der Waals surface area contributed by atoms with Gasteiger partial charge in [0.15, 0.2) is 6.10 Å². The summed E-state index contributed by atoms with van der Waals surface area (Å²) in [6.07, 6.45) is 101. The van der Waals surface area contributed by atoms with Gasteiger partial charge in [-0.3, -0.25) is 14.2 Å². The van der Waals surface area contributed by atoms with Gasteiger partial charge in [0.1, 0.15) is 19.8 Å². The van der Waals surface area contributed by atoms with Gasteiger partial charge in [-0.15, -0.1) is 0 Å². The zero-order valence-electron chi connectivity index (χ0n) is 56.6. The number of carbonyl (C=O) groups is 2. The van der Waals surface area contributed by atoms with Crippen molar-refractivity contribution in [2.75, 3.05) is 47.5 Å². The van der Waals surface area contributed by atoms with E-state index in [0.29, 0.717) is 23.9 Å². The second kappa shape index (κ2) is 66.8. The van der Waals surface area contributed by atoms with Crippen LogP contribution in [0.3, 0.4) is 0 Å². The Kier molecular flexibility index (Phi) is 63.3. The lowest BCUT2D eigenvalue weighted by Crippen LogP contribution is -2.37. The van der Waals surface area contributed by atoms with Crippen molar-refractivity contribution in [3.63, 3.8) is 0 Å². The van der Waals surface area contributed by atoms with Crippen LogP contribution < -0.4 is 4.89 Å². The second-order valence-electron chi connectivity index (χ2n) is 23.8. The highest BCUT2D eigenvalue weighted by molar-refractivity contribution is 7.45. The molecule has 0 heterocycles. The van der Waals surface area contributed by atoms with E-state index in [0.717, 1.165) is 141 Å². The molecule has 0 saturated carbocycles. The van der Waals surface area contributed by atoms with Gasteiger partial charge >= 0.3 is 11.9 Å². The Morgan fingerprint density at radius 3 is 0.909 bits per heavy atom. The molecule has 0 amide bonds. The van der Waals surface area contributed by atoms with Gasteiger partial charge in [0, 0.05) is 12.8 Å². The lowest BCUT2D eigenvalue weighted by atomic mass is 10.0. The lowest BCUT2D eigenvalue weighted by Gasteiger charge is -2.28. The van der Waals surface area contributed by atoms with Gasteiger partial charge in [0.25, 0.3) is 7.82 Å². The highest BCUT2D eigenvalue weighted by atomic mass is 31.2. The van der Waals surface area contributed by atoms with Crippen molar-refractivity contribution in [1.29, 1.82) is 0 Å². The first-order chi connectivity index (χ1) is 43.0. The van der Waals surface area contributed by atoms with Gasteiger partial charge in [-0.05, 0) is 128 Å². The Balaban J connectivity index is 4.14. The summed E-state index contributed by atoms with van der Waals surface area (Å²) in [6, 6.07) is 0. The number of allylic oxidation sites excluding steroid dienone is 28. The van der Waals surface area contributed by atoms with E-state index in [4.69, 9.17) is 18.5 Å². The van der Waals surface area contributed by atoms with Crippen molar-refractivity contribution < 1.29 is 42.1 Å². The summed E-state index contributed by atoms with van der Waals surface area (Å²) in [5, 5.41) is 0. The molecule has 0 fully saturated rings. The predicted octanol–water partition coefficient (Wildman–Crippen LogP) is 22.3. The Morgan fingerprint density at radius 1 is 0.352 bits per heavy atom. The van der Waals surface area contributed by atoms with Crippen LogP contribution >= 0.6 is 7.82 Å². The van der Waals surface area contributed by atoms with Gasteiger partial charge in [-0.2, -0.15) is 0 Å². The van der Waals surface area contributed by atoms with E-state index in [1.54, 1.807) is 0 Å². The molecular weight excluding hydrogens is 1110 g/mol. The molecule has 0 radical (unpaired) electrons. The third-order valence-corrected chi connectivity index (χ3v) is 15.2. The summed E-state index contributed by atoms with van der Waals surface area (Å²) in [7, 11) is 1.14. The third-order valence-electron chi connectivity index (χ3n) is 14.2. The molecule has 0 spiro atoms. The van der Waals surface area contributed by atoms with E-state index >= 15 is 0 Å². The maximum atomic E-state index is 12.9. The van der Waals surface area contributed by atoms with E-state index in [1.807, 2.05) is 21.1 Å². The van der Waals surface area contributed by atoms with E-state index < -0.39 is 32.5 Å². The molecule has 88 heavy (non-hydrogen) atoms. The van der Waals surface area contributed by atoms with E-state index in [1.165, 1.54) is 77.0 Å². The minimum atomic E-state index is -4.66. The van der Waals surface area contributed by atoms with Crippen LogP contribution in [0.25, 0.3) is 0 Å². The molecule has 0 aromatic rings. The molecule has 0 saturated heterocycles. The number of rotatable bonds is 62. The fourth-order valence-electron chi connectivity index (χ4n) is 8.97. The molecular formula is C78H128NO8P. The lowest BCUT2D eigenvalue weighted by molar-refractivity contribution is -0.870. The maximum absolute atomic E-state index is 12.9. The summed E-state index contributed by atoms with van der Waals surface area (Å²) in [4.78, 5) is 38.1. The van der Waals surface area contributed by atoms with Gasteiger partial charge < -0.3 is 27.9 Å². The van der Waals surface area contributed by atoms with Crippen LogP contribution in [-0.2, 0) is 32.7 Å². The van der Waals surface area contributed by atoms with Crippen LogP contribution in [0, 0.1) is 0 Å². The van der Waals surface area contributed by atoms with E-state index in [2.05, 4.69) is 184 Å². The molecule has 498 valence electrons. The minimum absolute atomic E-state index is 0.0411. The number of carbonyl (C=O) groups excluding carboxylic acids is 2. The van der Waals surface area contributed by atoms with Crippen LogP contribution in [0.5, 0.6) is 0 Å².